The smallest absolute Gasteiger partial charge is 0.153 e. The SMILES string of the molecule is NCC(N)c1ccc(C=O)c(O)c1. The molecule has 1 aromatic carbocycles. The van der Waals surface area contributed by atoms with Crippen LogP contribution in [0.15, 0.2) is 18.2 Å². The maximum Gasteiger partial charge on any atom is 0.153 e. The summed E-state index contributed by atoms with van der Waals surface area (Å²) in [6.07, 6.45) is 0.590. The molecule has 0 aromatic heterocycles. The van der Waals surface area contributed by atoms with E-state index in [1.54, 1.807) is 6.07 Å². The molecule has 5 N–H and O–H groups in total. The molecule has 1 aromatic rings. The summed E-state index contributed by atoms with van der Waals surface area (Å²) in [4.78, 5) is 10.4. The Labute approximate surface area is 76.2 Å². The topological polar surface area (TPSA) is 89.3 Å². The average Bonchev–Trinajstić information content (AvgIpc) is 2.16. The molecular weight excluding hydrogens is 168 g/mol. The van der Waals surface area contributed by atoms with E-state index in [9.17, 15) is 9.90 Å². The summed E-state index contributed by atoms with van der Waals surface area (Å²) in [5.74, 6) is -0.0589. The molecule has 0 heterocycles. The van der Waals surface area contributed by atoms with Crippen LogP contribution in [0.2, 0.25) is 0 Å². The Morgan fingerprint density at radius 2 is 2.23 bits per heavy atom. The molecule has 1 unspecified atom stereocenters. The highest BCUT2D eigenvalue weighted by atomic mass is 16.3. The van der Waals surface area contributed by atoms with Crippen molar-refractivity contribution in [2.24, 2.45) is 11.5 Å². The van der Waals surface area contributed by atoms with Crippen LogP contribution >= 0.6 is 0 Å². The van der Waals surface area contributed by atoms with Crippen molar-refractivity contribution in [1.29, 1.82) is 0 Å². The third-order valence-corrected chi connectivity index (χ3v) is 1.86. The van der Waals surface area contributed by atoms with Crippen LogP contribution in [0.25, 0.3) is 0 Å². The van der Waals surface area contributed by atoms with Crippen LogP contribution in [0.1, 0.15) is 22.0 Å². The molecule has 0 saturated heterocycles. The largest absolute Gasteiger partial charge is 0.507 e. The zero-order valence-corrected chi connectivity index (χ0v) is 7.10. The maximum atomic E-state index is 10.4. The number of carbonyl (C=O) groups is 1. The van der Waals surface area contributed by atoms with Gasteiger partial charge in [-0.2, -0.15) is 0 Å². The zero-order valence-electron chi connectivity index (χ0n) is 7.10. The van der Waals surface area contributed by atoms with E-state index in [1.807, 2.05) is 0 Å². The van der Waals surface area contributed by atoms with Crippen LogP contribution in [0, 0.1) is 0 Å². The highest BCUT2D eigenvalue weighted by Crippen LogP contribution is 2.19. The normalized spacial score (nSPS) is 12.5. The number of aromatic hydroxyl groups is 1. The molecule has 0 aliphatic carbocycles. The molecule has 13 heavy (non-hydrogen) atoms. The Morgan fingerprint density at radius 3 is 2.69 bits per heavy atom. The molecule has 0 saturated carbocycles. The third-order valence-electron chi connectivity index (χ3n) is 1.86. The first kappa shape index (κ1) is 9.70. The zero-order chi connectivity index (χ0) is 9.84. The van der Waals surface area contributed by atoms with Crippen molar-refractivity contribution in [3.05, 3.63) is 29.3 Å². The predicted molar refractivity (Wildman–Crippen MR) is 49.5 cm³/mol. The number of rotatable bonds is 3. The molecule has 0 radical (unpaired) electrons. The van der Waals surface area contributed by atoms with Crippen LogP contribution in [0.5, 0.6) is 5.75 Å². The third kappa shape index (κ3) is 2.05. The van der Waals surface area contributed by atoms with Gasteiger partial charge in [-0.3, -0.25) is 4.79 Å². The van der Waals surface area contributed by atoms with Gasteiger partial charge in [0.1, 0.15) is 5.75 Å². The number of aldehydes is 1. The lowest BCUT2D eigenvalue weighted by atomic mass is 10.1. The first-order valence-corrected chi connectivity index (χ1v) is 3.92. The van der Waals surface area contributed by atoms with E-state index in [0.29, 0.717) is 12.8 Å². The van der Waals surface area contributed by atoms with E-state index in [-0.39, 0.29) is 17.4 Å². The van der Waals surface area contributed by atoms with Gasteiger partial charge in [0.2, 0.25) is 0 Å². The van der Waals surface area contributed by atoms with Crippen LogP contribution < -0.4 is 11.5 Å². The highest BCUT2D eigenvalue weighted by molar-refractivity contribution is 5.79. The van der Waals surface area contributed by atoms with Gasteiger partial charge in [0, 0.05) is 12.6 Å². The molecule has 0 aliphatic rings. The second-order valence-electron chi connectivity index (χ2n) is 2.78. The molecule has 0 amide bonds. The van der Waals surface area contributed by atoms with Crippen molar-refractivity contribution in [2.75, 3.05) is 6.54 Å². The summed E-state index contributed by atoms with van der Waals surface area (Å²) in [6.45, 7) is 0.305. The number of nitrogens with two attached hydrogens (primary N) is 2. The van der Waals surface area contributed by atoms with Gasteiger partial charge in [-0.05, 0) is 17.7 Å². The average molecular weight is 180 g/mol. The van der Waals surface area contributed by atoms with Gasteiger partial charge < -0.3 is 16.6 Å². The highest BCUT2D eigenvalue weighted by Gasteiger charge is 2.06. The quantitative estimate of drug-likeness (QED) is 0.578. The van der Waals surface area contributed by atoms with Gasteiger partial charge in [0.05, 0.1) is 5.56 Å². The molecule has 1 rings (SSSR count). The number of benzene rings is 1. The van der Waals surface area contributed by atoms with Gasteiger partial charge in [-0.15, -0.1) is 0 Å². The van der Waals surface area contributed by atoms with Gasteiger partial charge in [0.25, 0.3) is 0 Å². The maximum absolute atomic E-state index is 10.4. The van der Waals surface area contributed by atoms with Crippen LogP contribution in [0.3, 0.4) is 0 Å². The Kier molecular flexibility index (Phi) is 3.00. The summed E-state index contributed by atoms with van der Waals surface area (Å²) >= 11 is 0. The minimum Gasteiger partial charge on any atom is -0.507 e. The Hall–Kier alpha value is -1.39. The van der Waals surface area contributed by atoms with Crippen molar-refractivity contribution < 1.29 is 9.90 Å². The van der Waals surface area contributed by atoms with Crippen molar-refractivity contribution in [1.82, 2.24) is 0 Å². The summed E-state index contributed by atoms with van der Waals surface area (Å²) in [5, 5.41) is 9.31. The van der Waals surface area contributed by atoms with E-state index in [4.69, 9.17) is 11.5 Å². The fraction of sp³-hybridized carbons (Fsp3) is 0.222. The van der Waals surface area contributed by atoms with Crippen LogP contribution in [-0.4, -0.2) is 17.9 Å². The van der Waals surface area contributed by atoms with E-state index < -0.39 is 0 Å². The number of hydrogen-bond donors (Lipinski definition) is 3. The molecule has 0 fully saturated rings. The predicted octanol–water partition coefficient (Wildman–Crippen LogP) is 0.163. The van der Waals surface area contributed by atoms with E-state index in [1.165, 1.54) is 12.1 Å². The fourth-order valence-electron chi connectivity index (χ4n) is 1.03. The van der Waals surface area contributed by atoms with Gasteiger partial charge in [0.15, 0.2) is 6.29 Å². The Morgan fingerprint density at radius 1 is 1.54 bits per heavy atom. The molecule has 0 spiro atoms. The van der Waals surface area contributed by atoms with Gasteiger partial charge in [-0.1, -0.05) is 6.07 Å². The van der Waals surface area contributed by atoms with Gasteiger partial charge >= 0.3 is 0 Å². The summed E-state index contributed by atoms with van der Waals surface area (Å²) in [6, 6.07) is 4.36. The molecule has 1 atom stereocenters. The van der Waals surface area contributed by atoms with Crippen molar-refractivity contribution in [2.45, 2.75) is 6.04 Å². The lowest BCUT2D eigenvalue weighted by molar-refractivity contribution is 0.112. The first-order chi connectivity index (χ1) is 6.19. The summed E-state index contributed by atoms with van der Waals surface area (Å²) in [7, 11) is 0. The second kappa shape index (κ2) is 4.02. The Balaban J connectivity index is 3.02. The van der Waals surface area contributed by atoms with E-state index in [2.05, 4.69) is 0 Å². The molecule has 0 bridgehead atoms. The second-order valence-corrected chi connectivity index (χ2v) is 2.78. The van der Waals surface area contributed by atoms with Crippen molar-refractivity contribution in [3.8, 4) is 5.75 Å². The van der Waals surface area contributed by atoms with Crippen molar-refractivity contribution in [3.63, 3.8) is 0 Å². The molecule has 70 valence electrons. The van der Waals surface area contributed by atoms with Crippen molar-refractivity contribution >= 4 is 6.29 Å². The minimum atomic E-state index is -0.299. The monoisotopic (exact) mass is 180 g/mol. The molecule has 4 heteroatoms. The number of phenols is 1. The van der Waals surface area contributed by atoms with Gasteiger partial charge in [-0.25, -0.2) is 0 Å². The van der Waals surface area contributed by atoms with Crippen LogP contribution in [0.4, 0.5) is 0 Å². The van der Waals surface area contributed by atoms with E-state index in [0.717, 1.165) is 5.56 Å². The Bertz CT molecular complexity index is 312. The van der Waals surface area contributed by atoms with E-state index >= 15 is 0 Å². The lowest BCUT2D eigenvalue weighted by Gasteiger charge is -2.09. The molecular formula is C9H12N2O2. The number of phenolic OH excluding ortho intramolecular Hbond substituents is 1. The fourth-order valence-corrected chi connectivity index (χ4v) is 1.03. The summed E-state index contributed by atoms with van der Waals surface area (Å²) < 4.78 is 0. The summed E-state index contributed by atoms with van der Waals surface area (Å²) in [5.41, 5.74) is 12.0. The minimum absolute atomic E-state index is 0.0589. The standard InChI is InChI=1S/C9H12N2O2/c10-4-8(11)6-1-2-7(5-12)9(13)3-6/h1-3,5,8,13H,4,10-11H2. The number of carbonyl (C=O) groups excluding carboxylic acids is 1. The van der Waals surface area contributed by atoms with Crippen LogP contribution in [-0.2, 0) is 0 Å². The molecule has 0 aliphatic heterocycles. The molecule has 4 nitrogen and oxygen atoms in total. The lowest BCUT2D eigenvalue weighted by Crippen LogP contribution is -2.20. The number of hydrogen-bond acceptors (Lipinski definition) is 4. The first-order valence-electron chi connectivity index (χ1n) is 3.92.